The topological polar surface area (TPSA) is 41.1 Å². The second kappa shape index (κ2) is 7.51. The third-order valence-corrected chi connectivity index (χ3v) is 3.83. The van der Waals surface area contributed by atoms with Gasteiger partial charge in [0, 0.05) is 14.8 Å². The Kier molecular flexibility index (Phi) is 5.69. The van der Waals surface area contributed by atoms with Gasteiger partial charge in [0.2, 0.25) is 0 Å². The molecule has 0 aliphatic carbocycles. The van der Waals surface area contributed by atoms with Crippen molar-refractivity contribution in [3.8, 4) is 0 Å². The molecular formula is C16H15IN2OS. The van der Waals surface area contributed by atoms with Crippen LogP contribution in [0.15, 0.2) is 48.5 Å². The lowest BCUT2D eigenvalue weighted by molar-refractivity contribution is 0.0978. The van der Waals surface area contributed by atoms with Crippen LogP contribution in [0.25, 0.3) is 0 Å². The molecule has 0 atom stereocenters. The number of thiocarbonyl (C=S) groups is 1. The van der Waals surface area contributed by atoms with E-state index in [1.807, 2.05) is 30.3 Å². The van der Waals surface area contributed by atoms with Gasteiger partial charge in [0.1, 0.15) is 0 Å². The maximum absolute atomic E-state index is 12.0. The highest BCUT2D eigenvalue weighted by molar-refractivity contribution is 14.1. The predicted octanol–water partition coefficient (Wildman–Crippen LogP) is 3.98. The van der Waals surface area contributed by atoms with Crippen LogP contribution in [0, 0.1) is 3.57 Å². The van der Waals surface area contributed by atoms with Crippen molar-refractivity contribution in [2.45, 2.75) is 13.3 Å². The molecule has 0 spiro atoms. The summed E-state index contributed by atoms with van der Waals surface area (Å²) in [5.41, 5.74) is 2.68. The van der Waals surface area contributed by atoms with Gasteiger partial charge in [0.05, 0.1) is 0 Å². The molecule has 0 bridgehead atoms. The molecule has 0 aliphatic rings. The van der Waals surface area contributed by atoms with Crippen LogP contribution in [-0.2, 0) is 6.42 Å². The average molecular weight is 410 g/mol. The normalized spacial score (nSPS) is 10.0. The van der Waals surface area contributed by atoms with Gasteiger partial charge in [-0.2, -0.15) is 0 Å². The van der Waals surface area contributed by atoms with Crippen molar-refractivity contribution in [1.82, 2.24) is 5.32 Å². The summed E-state index contributed by atoms with van der Waals surface area (Å²) in [5, 5.41) is 6.08. The van der Waals surface area contributed by atoms with Crippen molar-refractivity contribution in [2.75, 3.05) is 5.32 Å². The van der Waals surface area contributed by atoms with E-state index in [-0.39, 0.29) is 5.91 Å². The summed E-state index contributed by atoms with van der Waals surface area (Å²) >= 11 is 7.48. The molecule has 0 aliphatic heterocycles. The van der Waals surface area contributed by atoms with Gasteiger partial charge in [-0.25, -0.2) is 0 Å². The third kappa shape index (κ3) is 4.50. The van der Waals surface area contributed by atoms with Gasteiger partial charge < -0.3 is 5.32 Å². The number of halogens is 1. The van der Waals surface area contributed by atoms with Gasteiger partial charge in [-0.1, -0.05) is 25.1 Å². The molecule has 1 amide bonds. The first-order valence-corrected chi connectivity index (χ1v) is 8.04. The summed E-state index contributed by atoms with van der Waals surface area (Å²) in [6, 6.07) is 15.1. The van der Waals surface area contributed by atoms with E-state index in [1.165, 1.54) is 9.13 Å². The lowest BCUT2D eigenvalue weighted by Crippen LogP contribution is -2.34. The summed E-state index contributed by atoms with van der Waals surface area (Å²) in [7, 11) is 0. The van der Waals surface area contributed by atoms with Crippen LogP contribution in [0.5, 0.6) is 0 Å². The summed E-state index contributed by atoms with van der Waals surface area (Å²) < 4.78 is 1.18. The van der Waals surface area contributed by atoms with Gasteiger partial charge in [-0.3, -0.25) is 10.1 Å². The average Bonchev–Trinajstić information content (AvgIpc) is 2.49. The van der Waals surface area contributed by atoms with Crippen LogP contribution in [0.3, 0.4) is 0 Å². The Hall–Kier alpha value is -1.47. The monoisotopic (exact) mass is 410 g/mol. The molecule has 21 heavy (non-hydrogen) atoms. The largest absolute Gasteiger partial charge is 0.332 e. The zero-order valence-corrected chi connectivity index (χ0v) is 14.5. The second-order valence-electron chi connectivity index (χ2n) is 4.43. The summed E-state index contributed by atoms with van der Waals surface area (Å²) in [6.07, 6.45) is 0.897. The van der Waals surface area contributed by atoms with Crippen LogP contribution in [0.2, 0.25) is 0 Å². The molecule has 108 valence electrons. The lowest BCUT2D eigenvalue weighted by Gasteiger charge is -2.13. The highest BCUT2D eigenvalue weighted by atomic mass is 127. The highest BCUT2D eigenvalue weighted by Crippen LogP contribution is 2.19. The van der Waals surface area contributed by atoms with E-state index >= 15 is 0 Å². The smallest absolute Gasteiger partial charge is 0.257 e. The molecule has 0 radical (unpaired) electrons. The van der Waals surface area contributed by atoms with E-state index < -0.39 is 0 Å². The van der Waals surface area contributed by atoms with Crippen LogP contribution in [0.4, 0.5) is 5.69 Å². The predicted molar refractivity (Wildman–Crippen MR) is 98.7 cm³/mol. The van der Waals surface area contributed by atoms with Crippen LogP contribution >= 0.6 is 34.8 Å². The van der Waals surface area contributed by atoms with Gasteiger partial charge in [-0.15, -0.1) is 0 Å². The Morgan fingerprint density at radius 3 is 2.57 bits per heavy atom. The molecule has 0 heterocycles. The molecule has 0 saturated carbocycles. The van der Waals surface area contributed by atoms with E-state index in [1.54, 1.807) is 12.1 Å². The van der Waals surface area contributed by atoms with E-state index in [0.717, 1.165) is 12.1 Å². The van der Waals surface area contributed by atoms with Crippen LogP contribution < -0.4 is 10.6 Å². The minimum atomic E-state index is -0.211. The SMILES string of the molecule is CCc1cc(I)ccc1NC(=S)NC(=O)c1ccccc1. The first-order valence-electron chi connectivity index (χ1n) is 6.56. The van der Waals surface area contributed by atoms with E-state index in [9.17, 15) is 4.79 Å². The van der Waals surface area contributed by atoms with Crippen molar-refractivity contribution in [2.24, 2.45) is 0 Å². The van der Waals surface area contributed by atoms with Crippen molar-refractivity contribution >= 4 is 51.5 Å². The number of aryl methyl sites for hydroxylation is 1. The number of benzene rings is 2. The van der Waals surface area contributed by atoms with Crippen molar-refractivity contribution in [3.05, 3.63) is 63.2 Å². The van der Waals surface area contributed by atoms with Gasteiger partial charge >= 0.3 is 0 Å². The Morgan fingerprint density at radius 1 is 1.19 bits per heavy atom. The molecule has 0 fully saturated rings. The minimum Gasteiger partial charge on any atom is -0.332 e. The highest BCUT2D eigenvalue weighted by Gasteiger charge is 2.08. The van der Waals surface area contributed by atoms with Crippen molar-refractivity contribution in [3.63, 3.8) is 0 Å². The van der Waals surface area contributed by atoms with Crippen LogP contribution in [0.1, 0.15) is 22.8 Å². The quantitative estimate of drug-likeness (QED) is 0.594. The number of carbonyl (C=O) groups is 1. The first-order chi connectivity index (χ1) is 10.1. The van der Waals surface area contributed by atoms with Gasteiger partial charge in [-0.05, 0) is 77.1 Å². The maximum Gasteiger partial charge on any atom is 0.257 e. The number of nitrogens with one attached hydrogen (secondary N) is 2. The van der Waals surface area contributed by atoms with E-state index in [2.05, 4.69) is 46.2 Å². The summed E-state index contributed by atoms with van der Waals surface area (Å²) in [6.45, 7) is 2.09. The molecule has 0 aromatic heterocycles. The summed E-state index contributed by atoms with van der Waals surface area (Å²) in [4.78, 5) is 12.0. The molecule has 2 N–H and O–H groups in total. The number of hydrogen-bond acceptors (Lipinski definition) is 2. The van der Waals surface area contributed by atoms with Gasteiger partial charge in [0.25, 0.3) is 5.91 Å². The maximum atomic E-state index is 12.0. The number of rotatable bonds is 3. The molecule has 5 heteroatoms. The molecule has 0 saturated heterocycles. The minimum absolute atomic E-state index is 0.211. The molecule has 2 aromatic carbocycles. The number of amides is 1. The van der Waals surface area contributed by atoms with Crippen LogP contribution in [-0.4, -0.2) is 11.0 Å². The standard InChI is InChI=1S/C16H15IN2OS/c1-2-11-10-13(17)8-9-14(11)18-16(21)19-15(20)12-6-4-3-5-7-12/h3-10H,2H2,1H3,(H2,18,19,20,21). The zero-order valence-electron chi connectivity index (χ0n) is 11.5. The third-order valence-electron chi connectivity index (χ3n) is 2.96. The van der Waals surface area contributed by atoms with E-state index in [4.69, 9.17) is 12.2 Å². The number of anilines is 1. The Balaban J connectivity index is 2.04. The van der Waals surface area contributed by atoms with E-state index in [0.29, 0.717) is 10.7 Å². The first kappa shape index (κ1) is 15.9. The molecular weight excluding hydrogens is 395 g/mol. The second-order valence-corrected chi connectivity index (χ2v) is 6.08. The lowest BCUT2D eigenvalue weighted by atomic mass is 10.1. The fraction of sp³-hybridized carbons (Fsp3) is 0.125. The molecule has 2 rings (SSSR count). The van der Waals surface area contributed by atoms with Gasteiger partial charge in [0.15, 0.2) is 5.11 Å². The Bertz CT molecular complexity index is 659. The zero-order chi connectivity index (χ0) is 15.2. The summed E-state index contributed by atoms with van der Waals surface area (Å²) in [5.74, 6) is -0.211. The molecule has 3 nitrogen and oxygen atoms in total. The van der Waals surface area contributed by atoms with Crippen molar-refractivity contribution in [1.29, 1.82) is 0 Å². The molecule has 2 aromatic rings. The Morgan fingerprint density at radius 2 is 1.90 bits per heavy atom. The van der Waals surface area contributed by atoms with Crippen molar-refractivity contribution < 1.29 is 4.79 Å². The number of hydrogen-bond donors (Lipinski definition) is 2. The number of carbonyl (C=O) groups excluding carboxylic acids is 1. The fourth-order valence-electron chi connectivity index (χ4n) is 1.90. The molecule has 0 unspecified atom stereocenters. The fourth-order valence-corrected chi connectivity index (χ4v) is 2.65. The Labute approximate surface area is 143 Å².